The molecule has 0 atom stereocenters. The van der Waals surface area contributed by atoms with Gasteiger partial charge >= 0.3 is 0 Å². The molecule has 16 heteroatoms. The molecule has 4 aliphatic heterocycles. The normalized spacial score (nSPS) is 18.4. The van der Waals surface area contributed by atoms with Gasteiger partial charge in [0.2, 0.25) is 0 Å². The van der Waals surface area contributed by atoms with Crippen LogP contribution < -0.4 is 37.9 Å². The first-order valence-corrected chi connectivity index (χ1v) is 22.4. The van der Waals surface area contributed by atoms with Crippen molar-refractivity contribution in [2.75, 3.05) is 0 Å². The van der Waals surface area contributed by atoms with Gasteiger partial charge in [0.25, 0.3) is 47.0 Å². The van der Waals surface area contributed by atoms with Gasteiger partial charge < -0.3 is 37.9 Å². The van der Waals surface area contributed by atoms with E-state index in [1.807, 2.05) is 27.7 Å². The highest BCUT2D eigenvalue weighted by Crippen LogP contribution is 2.59. The average molecular weight is 905 g/mol. The first-order valence-electron chi connectivity index (χ1n) is 22.4. The Hall–Kier alpha value is -8.40. The van der Waals surface area contributed by atoms with Crippen LogP contribution in [0.15, 0.2) is 73.8 Å². The van der Waals surface area contributed by atoms with Crippen LogP contribution in [0.3, 0.4) is 0 Å². The molecule has 0 N–H and O–H groups in total. The second-order valence-corrected chi connectivity index (χ2v) is 17.7. The van der Waals surface area contributed by atoms with Gasteiger partial charge in [-0.05, 0) is 52.0 Å². The van der Waals surface area contributed by atoms with E-state index in [4.69, 9.17) is 37.9 Å². The van der Waals surface area contributed by atoms with E-state index >= 15 is 0 Å². The van der Waals surface area contributed by atoms with Gasteiger partial charge in [0.05, 0.1) is 0 Å². The molecule has 8 bridgehead atoms. The predicted octanol–water partition coefficient (Wildman–Crippen LogP) is 12.6. The number of fused-ring (bicyclic) bond motifs is 4. The molecule has 0 unspecified atom stereocenters. The Morgan fingerprint density at radius 3 is 0.515 bits per heavy atom. The summed E-state index contributed by atoms with van der Waals surface area (Å²) in [6, 6.07) is 8.63. The number of benzene rings is 4. The maximum absolute atomic E-state index is 6.90. The molecule has 0 spiro atoms. The molecule has 4 aromatic heterocycles. The van der Waals surface area contributed by atoms with E-state index in [0.717, 1.165) is 44.5 Å². The van der Waals surface area contributed by atoms with Gasteiger partial charge in [-0.3, -0.25) is 0 Å². The fraction of sp³-hybridized carbons (Fsp3) is 0.231. The van der Waals surface area contributed by atoms with Crippen molar-refractivity contribution >= 4 is 0 Å². The lowest BCUT2D eigenvalue weighted by Crippen LogP contribution is -2.12. The van der Waals surface area contributed by atoms with Gasteiger partial charge in [-0.25, -0.2) is 39.9 Å². The van der Waals surface area contributed by atoms with E-state index in [0.29, 0.717) is 68.2 Å². The maximum atomic E-state index is 6.90. The number of ether oxygens (including phenoxy) is 8. The lowest BCUT2D eigenvalue weighted by molar-refractivity contribution is 0.369. The number of hydrogen-bond acceptors (Lipinski definition) is 16. The zero-order valence-corrected chi connectivity index (χ0v) is 38.1. The lowest BCUT2D eigenvalue weighted by atomic mass is 9.78. The van der Waals surface area contributed by atoms with Crippen LogP contribution in [0.5, 0.6) is 93.0 Å². The zero-order valence-electron chi connectivity index (χ0n) is 38.1. The molecule has 68 heavy (non-hydrogen) atoms. The van der Waals surface area contributed by atoms with Gasteiger partial charge in [0, 0.05) is 140 Å². The Bertz CT molecular complexity index is 2860. The first kappa shape index (κ1) is 39.9. The summed E-state index contributed by atoms with van der Waals surface area (Å²) in [5, 5.41) is 0. The third kappa shape index (κ3) is 5.72. The van der Waals surface area contributed by atoms with E-state index in [9.17, 15) is 0 Å². The number of rotatable bonds is 0. The molecule has 0 radical (unpaired) electrons. The van der Waals surface area contributed by atoms with Crippen LogP contribution in [0.2, 0.25) is 0 Å². The molecular formula is C52H40N8O8. The van der Waals surface area contributed by atoms with Crippen molar-refractivity contribution in [1.82, 2.24) is 39.9 Å². The van der Waals surface area contributed by atoms with Crippen LogP contribution in [-0.4, -0.2) is 39.9 Å². The van der Waals surface area contributed by atoms with Crippen LogP contribution in [0.25, 0.3) is 0 Å². The van der Waals surface area contributed by atoms with E-state index in [1.165, 1.54) is 0 Å². The van der Waals surface area contributed by atoms with Gasteiger partial charge in [0.1, 0.15) is 46.0 Å². The van der Waals surface area contributed by atoms with Crippen LogP contribution in [0, 0.1) is 27.7 Å². The number of nitrogens with zero attached hydrogens (tertiary/aromatic N) is 8. The Labute approximate surface area is 389 Å². The van der Waals surface area contributed by atoms with Crippen LogP contribution >= 0.6 is 0 Å². The molecule has 13 rings (SSSR count). The van der Waals surface area contributed by atoms with Gasteiger partial charge in [-0.1, -0.05) is 27.7 Å². The molecule has 4 aromatic carbocycles. The molecule has 8 aromatic rings. The minimum atomic E-state index is -0.366. The minimum Gasteiger partial charge on any atom is -0.434 e. The summed E-state index contributed by atoms with van der Waals surface area (Å²) < 4.78 is 55.2. The fourth-order valence-corrected chi connectivity index (χ4v) is 10.2. The molecule has 0 amide bonds. The largest absolute Gasteiger partial charge is 0.434 e. The number of hydrogen-bond donors (Lipinski definition) is 0. The maximum Gasteiger partial charge on any atom is 0.284 e. The van der Waals surface area contributed by atoms with E-state index in [2.05, 4.69) is 91.8 Å². The van der Waals surface area contributed by atoms with Crippen LogP contribution in [0.4, 0.5) is 0 Å². The molecule has 16 nitrogen and oxygen atoms in total. The molecule has 0 fully saturated rings. The summed E-state index contributed by atoms with van der Waals surface area (Å²) in [6.07, 6.45) is 12.6. The summed E-state index contributed by atoms with van der Waals surface area (Å²) >= 11 is 0. The van der Waals surface area contributed by atoms with Crippen LogP contribution in [-0.2, 0) is 0 Å². The topological polar surface area (TPSA) is 177 Å². The molecule has 5 aliphatic rings. The Morgan fingerprint density at radius 2 is 0.382 bits per heavy atom. The second-order valence-electron chi connectivity index (χ2n) is 17.7. The highest BCUT2D eigenvalue weighted by molar-refractivity contribution is 5.71. The summed E-state index contributed by atoms with van der Waals surface area (Å²) in [6.45, 7) is 16.5. The van der Waals surface area contributed by atoms with E-state index in [-0.39, 0.29) is 70.7 Å². The van der Waals surface area contributed by atoms with Crippen LogP contribution in [0.1, 0.15) is 118 Å². The Morgan fingerprint density at radius 1 is 0.250 bits per heavy atom. The number of aromatic nitrogens is 8. The molecule has 0 saturated heterocycles. The smallest absolute Gasteiger partial charge is 0.284 e. The molecular weight excluding hydrogens is 865 g/mol. The van der Waals surface area contributed by atoms with E-state index < -0.39 is 0 Å². The lowest BCUT2D eigenvalue weighted by Gasteiger charge is -2.29. The fourth-order valence-electron chi connectivity index (χ4n) is 10.2. The molecule has 1 aliphatic carbocycles. The predicted molar refractivity (Wildman–Crippen MR) is 244 cm³/mol. The first-order chi connectivity index (χ1) is 33.0. The highest BCUT2D eigenvalue weighted by Gasteiger charge is 2.39. The van der Waals surface area contributed by atoms with Crippen molar-refractivity contribution in [1.29, 1.82) is 0 Å². The quantitative estimate of drug-likeness (QED) is 0.140. The molecule has 8 heterocycles. The Balaban J connectivity index is 1.23. The monoisotopic (exact) mass is 904 g/mol. The van der Waals surface area contributed by atoms with Gasteiger partial charge in [-0.15, -0.1) is 0 Å². The average Bonchev–Trinajstić information content (AvgIpc) is 3.48. The third-order valence-electron chi connectivity index (χ3n) is 13.9. The summed E-state index contributed by atoms with van der Waals surface area (Å²) in [7, 11) is 0. The standard InChI is InChI=1S/C52H40N8O8/c1-21-29-17-31-22(2)33-19-35-24(4)36-20-34-23(3)32-18-30(21)38-26(6)40(32)64-48-50(58-14-12-56-48)66-42(34)28(8)44(36)68-52-51(59-15-16-60-52)67-43(35)27(7)41(33)65-49-47(55-11-13-57-49)63-39(31)25(5)37(29)61-45-46(62-38)54-10-9-53-45/h9-24H,1-8H3. The van der Waals surface area contributed by atoms with Crippen molar-refractivity contribution in [3.8, 4) is 93.0 Å². The van der Waals surface area contributed by atoms with Crippen molar-refractivity contribution in [3.05, 3.63) is 141 Å². The summed E-state index contributed by atoms with van der Waals surface area (Å²) in [5.41, 5.74) is 9.65. The molecule has 336 valence electrons. The highest BCUT2D eigenvalue weighted by atomic mass is 16.6. The summed E-state index contributed by atoms with van der Waals surface area (Å²) in [5.74, 6) is 4.10. The second kappa shape index (κ2) is 14.5. The van der Waals surface area contributed by atoms with Crippen molar-refractivity contribution in [3.63, 3.8) is 0 Å². The third-order valence-corrected chi connectivity index (χ3v) is 13.9. The zero-order chi connectivity index (χ0) is 46.3. The molecule has 0 saturated carbocycles. The van der Waals surface area contributed by atoms with E-state index in [1.54, 1.807) is 49.6 Å². The SMILES string of the molecule is Cc1c2c3cc4c1Oc1nccnc1Oc1c(cc5c(c1C)Oc1nccnc1Oc1c(cc6c(c1C)Oc1nccnc1Oc1c(cc(c(c1C)Oc1nccnc1O2)C3C)C6C)C5C)C4C. The summed E-state index contributed by atoms with van der Waals surface area (Å²) in [4.78, 5) is 37.3. The van der Waals surface area contributed by atoms with Crippen molar-refractivity contribution < 1.29 is 37.9 Å². The van der Waals surface area contributed by atoms with Crippen molar-refractivity contribution in [2.24, 2.45) is 0 Å². The minimum absolute atomic E-state index is 0.166. The van der Waals surface area contributed by atoms with Gasteiger partial charge in [0.15, 0.2) is 0 Å². The Kier molecular flexibility index (Phi) is 8.54. The van der Waals surface area contributed by atoms with Crippen molar-refractivity contribution in [2.45, 2.75) is 79.1 Å². The van der Waals surface area contributed by atoms with Gasteiger partial charge in [-0.2, -0.15) is 0 Å².